The van der Waals surface area contributed by atoms with Crippen LogP contribution in [0.1, 0.15) is 33.6 Å². The average Bonchev–Trinajstić information content (AvgIpc) is 2.57. The van der Waals surface area contributed by atoms with Crippen LogP contribution in [-0.4, -0.2) is 43.2 Å². The van der Waals surface area contributed by atoms with Crippen LogP contribution < -0.4 is 0 Å². The summed E-state index contributed by atoms with van der Waals surface area (Å²) in [6, 6.07) is 0. The van der Waals surface area contributed by atoms with Gasteiger partial charge in [0, 0.05) is 14.0 Å². The fourth-order valence-corrected chi connectivity index (χ4v) is 2.92. The van der Waals surface area contributed by atoms with Crippen LogP contribution in [-0.2, 0) is 23.7 Å². The Morgan fingerprint density at radius 3 is 2.61 bits per heavy atom. The number of esters is 1. The topological polar surface area (TPSA) is 66.3 Å². The van der Waals surface area contributed by atoms with E-state index in [1.807, 2.05) is 6.92 Å². The number of ether oxygens (including phenoxy) is 4. The Labute approximate surface area is 106 Å². The Morgan fingerprint density at radius 1 is 1.44 bits per heavy atom. The average molecular weight is 257 g/mol. The Bertz CT molecular complexity index is 409. The molecule has 102 valence electrons. The summed E-state index contributed by atoms with van der Waals surface area (Å²) in [6.07, 6.45) is 1.44. The molecule has 6 nitrogen and oxygen atoms in total. The molecule has 0 saturated carbocycles. The maximum Gasteiger partial charge on any atom is 0.359 e. The van der Waals surface area contributed by atoms with Gasteiger partial charge in [-0.05, 0) is 13.3 Å². The van der Waals surface area contributed by atoms with E-state index in [0.29, 0.717) is 12.3 Å². The van der Waals surface area contributed by atoms with E-state index in [1.54, 1.807) is 13.8 Å². The summed E-state index contributed by atoms with van der Waals surface area (Å²) in [5.41, 5.74) is -2.05. The van der Waals surface area contributed by atoms with Crippen LogP contribution in [0.3, 0.4) is 0 Å². The van der Waals surface area contributed by atoms with E-state index in [9.17, 15) is 4.79 Å². The Kier molecular flexibility index (Phi) is 2.90. The highest BCUT2D eigenvalue weighted by Gasteiger charge is 2.83. The number of nitrogens with zero attached hydrogens (tertiary/aromatic N) is 1. The SMILES string of the molecule is CCC[C@@]12N=C(C)O[C@]1(OC)O[C@@]2(C)C(=O)OC. The number of hydrogen-bond donors (Lipinski definition) is 0. The van der Waals surface area contributed by atoms with E-state index in [4.69, 9.17) is 18.9 Å². The van der Waals surface area contributed by atoms with E-state index < -0.39 is 23.1 Å². The quantitative estimate of drug-likeness (QED) is 0.709. The molecule has 0 radical (unpaired) electrons. The van der Waals surface area contributed by atoms with Gasteiger partial charge in [-0.1, -0.05) is 13.3 Å². The van der Waals surface area contributed by atoms with Crippen LogP contribution >= 0.6 is 0 Å². The molecular formula is C12H19NO5. The van der Waals surface area contributed by atoms with Crippen molar-refractivity contribution in [2.24, 2.45) is 4.99 Å². The molecule has 2 rings (SSSR count). The van der Waals surface area contributed by atoms with Crippen molar-refractivity contribution < 1.29 is 23.7 Å². The number of fused-ring (bicyclic) bond motifs is 1. The molecule has 18 heavy (non-hydrogen) atoms. The van der Waals surface area contributed by atoms with Crippen LogP contribution in [0.4, 0.5) is 0 Å². The largest absolute Gasteiger partial charge is 0.467 e. The zero-order valence-electron chi connectivity index (χ0n) is 11.4. The van der Waals surface area contributed by atoms with Gasteiger partial charge in [0.25, 0.3) is 0 Å². The molecule has 1 saturated heterocycles. The lowest BCUT2D eigenvalue weighted by Gasteiger charge is -2.58. The molecule has 0 unspecified atom stereocenters. The molecule has 0 N–H and O–H groups in total. The minimum Gasteiger partial charge on any atom is -0.467 e. The first-order valence-corrected chi connectivity index (χ1v) is 6.00. The van der Waals surface area contributed by atoms with Gasteiger partial charge >= 0.3 is 11.9 Å². The van der Waals surface area contributed by atoms with E-state index in [2.05, 4.69) is 4.99 Å². The van der Waals surface area contributed by atoms with Crippen molar-refractivity contribution in [3.63, 3.8) is 0 Å². The first-order valence-electron chi connectivity index (χ1n) is 6.00. The zero-order chi connectivity index (χ0) is 13.6. The summed E-state index contributed by atoms with van der Waals surface area (Å²) in [5, 5.41) is 0. The van der Waals surface area contributed by atoms with E-state index in [-0.39, 0.29) is 0 Å². The summed E-state index contributed by atoms with van der Waals surface area (Å²) >= 11 is 0. The molecule has 0 bridgehead atoms. The number of hydrogen-bond acceptors (Lipinski definition) is 6. The van der Waals surface area contributed by atoms with Crippen LogP contribution in [0, 0.1) is 0 Å². The Hall–Kier alpha value is -1.14. The third-order valence-corrected chi connectivity index (χ3v) is 3.72. The minimum absolute atomic E-state index is 0.456. The summed E-state index contributed by atoms with van der Waals surface area (Å²) in [5.74, 6) is -1.31. The van der Waals surface area contributed by atoms with E-state index in [0.717, 1.165) is 6.42 Å². The Morgan fingerprint density at radius 2 is 2.11 bits per heavy atom. The summed E-state index contributed by atoms with van der Waals surface area (Å²) in [6.45, 7) is 5.39. The molecule has 0 aromatic carbocycles. The van der Waals surface area contributed by atoms with Gasteiger partial charge in [-0.15, -0.1) is 0 Å². The summed E-state index contributed by atoms with van der Waals surface area (Å²) < 4.78 is 21.3. The van der Waals surface area contributed by atoms with Crippen LogP contribution in [0.25, 0.3) is 0 Å². The standard InChI is InChI=1S/C12H19NO5/c1-6-7-11-10(3,9(14)15-4)18-12(11,16-5)17-8(2)13-11/h6-7H2,1-5H3/t10-,11-,12-/m0/s1. The van der Waals surface area contributed by atoms with Gasteiger partial charge in [-0.2, -0.15) is 0 Å². The second kappa shape index (κ2) is 3.93. The second-order valence-electron chi connectivity index (χ2n) is 4.73. The smallest absolute Gasteiger partial charge is 0.359 e. The van der Waals surface area contributed by atoms with Gasteiger partial charge in [0.2, 0.25) is 5.60 Å². The third-order valence-electron chi connectivity index (χ3n) is 3.72. The lowest BCUT2D eigenvalue weighted by molar-refractivity contribution is -0.482. The van der Waals surface area contributed by atoms with Gasteiger partial charge in [0.05, 0.1) is 7.11 Å². The number of aliphatic imine (C=N–C) groups is 1. The first-order chi connectivity index (χ1) is 8.41. The molecular weight excluding hydrogens is 238 g/mol. The van der Waals surface area contributed by atoms with Crippen molar-refractivity contribution in [1.82, 2.24) is 0 Å². The number of methoxy groups -OCH3 is 2. The van der Waals surface area contributed by atoms with Crippen molar-refractivity contribution in [2.75, 3.05) is 14.2 Å². The highest BCUT2D eigenvalue weighted by atomic mass is 16.9. The van der Waals surface area contributed by atoms with Crippen molar-refractivity contribution in [2.45, 2.75) is 50.7 Å². The van der Waals surface area contributed by atoms with Gasteiger partial charge in [0.1, 0.15) is 0 Å². The molecule has 0 aromatic rings. The first kappa shape index (κ1) is 13.3. The maximum absolute atomic E-state index is 12.0. The predicted molar refractivity (Wildman–Crippen MR) is 63.1 cm³/mol. The van der Waals surface area contributed by atoms with Crippen molar-refractivity contribution in [3.8, 4) is 0 Å². The molecule has 2 heterocycles. The molecule has 0 aromatic heterocycles. The zero-order valence-corrected chi connectivity index (χ0v) is 11.4. The van der Waals surface area contributed by atoms with Crippen molar-refractivity contribution >= 4 is 11.9 Å². The molecule has 6 heteroatoms. The van der Waals surface area contributed by atoms with Crippen LogP contribution in [0.5, 0.6) is 0 Å². The second-order valence-corrected chi connectivity index (χ2v) is 4.73. The normalized spacial score (nSPS) is 41.5. The monoisotopic (exact) mass is 257 g/mol. The van der Waals surface area contributed by atoms with Crippen molar-refractivity contribution in [1.29, 1.82) is 0 Å². The lowest BCUT2D eigenvalue weighted by atomic mass is 9.70. The molecule has 0 spiro atoms. The third kappa shape index (κ3) is 1.25. The number of carbonyl (C=O) groups is 1. The van der Waals surface area contributed by atoms with E-state index in [1.165, 1.54) is 14.2 Å². The van der Waals surface area contributed by atoms with Gasteiger partial charge in [0.15, 0.2) is 11.4 Å². The minimum atomic E-state index is -1.30. The van der Waals surface area contributed by atoms with Gasteiger partial charge in [-0.25, -0.2) is 9.79 Å². The number of carbonyl (C=O) groups excluding carboxylic acids is 1. The van der Waals surface area contributed by atoms with Crippen molar-refractivity contribution in [3.05, 3.63) is 0 Å². The summed E-state index contributed by atoms with van der Waals surface area (Å²) in [7, 11) is 2.81. The fourth-order valence-electron chi connectivity index (χ4n) is 2.92. The van der Waals surface area contributed by atoms with Gasteiger partial charge < -0.3 is 14.2 Å². The Balaban J connectivity index is 2.47. The predicted octanol–water partition coefficient (Wildman–Crippen LogP) is 1.24. The highest BCUT2D eigenvalue weighted by molar-refractivity contribution is 5.87. The molecule has 1 fully saturated rings. The van der Waals surface area contributed by atoms with Gasteiger partial charge in [-0.3, -0.25) is 4.74 Å². The highest BCUT2D eigenvalue weighted by Crippen LogP contribution is 2.60. The molecule has 3 atom stereocenters. The van der Waals surface area contributed by atoms with Crippen LogP contribution in [0.15, 0.2) is 4.99 Å². The lowest BCUT2D eigenvalue weighted by Crippen LogP contribution is -2.81. The molecule has 2 aliphatic rings. The van der Waals surface area contributed by atoms with E-state index >= 15 is 0 Å². The molecule has 2 aliphatic heterocycles. The number of rotatable bonds is 4. The summed E-state index contributed by atoms with van der Waals surface area (Å²) in [4.78, 5) is 16.5. The molecule has 0 amide bonds. The molecule has 0 aliphatic carbocycles. The maximum atomic E-state index is 12.0. The fraction of sp³-hybridized carbons (Fsp3) is 0.833. The van der Waals surface area contributed by atoms with Crippen LogP contribution in [0.2, 0.25) is 0 Å².